The third-order valence-electron chi connectivity index (χ3n) is 5.12. The van der Waals surface area contributed by atoms with Crippen LogP contribution in [0.2, 0.25) is 0 Å². The summed E-state index contributed by atoms with van der Waals surface area (Å²) in [5.74, 6) is 0.574. The molecule has 1 aliphatic rings. The predicted octanol–water partition coefficient (Wildman–Crippen LogP) is 2.86. The van der Waals surface area contributed by atoms with Crippen LogP contribution in [0.1, 0.15) is 24.8 Å². The third kappa shape index (κ3) is 3.86. The van der Waals surface area contributed by atoms with Crippen LogP contribution in [0.15, 0.2) is 57.9 Å². The van der Waals surface area contributed by atoms with Crippen molar-refractivity contribution in [2.75, 3.05) is 18.5 Å². The summed E-state index contributed by atoms with van der Waals surface area (Å²) in [6.07, 6.45) is 1.53. The lowest BCUT2D eigenvalue weighted by atomic mass is 10.0. The zero-order valence-corrected chi connectivity index (χ0v) is 17.6. The number of carbonyl (C=O) groups excluding carboxylic acids is 1. The van der Waals surface area contributed by atoms with Gasteiger partial charge < -0.3 is 9.42 Å². The number of fused-ring (bicyclic) bond motifs is 1. The van der Waals surface area contributed by atoms with E-state index < -0.39 is 10.0 Å². The summed E-state index contributed by atoms with van der Waals surface area (Å²) in [5, 5.41) is 3.93. The fourth-order valence-corrected chi connectivity index (χ4v) is 4.71. The number of amides is 1. The Morgan fingerprint density at radius 1 is 1.20 bits per heavy atom. The van der Waals surface area contributed by atoms with Gasteiger partial charge in [-0.25, -0.2) is 8.42 Å². The van der Waals surface area contributed by atoms with E-state index in [1.807, 2.05) is 30.3 Å². The minimum atomic E-state index is -3.76. The molecule has 1 aliphatic heterocycles. The van der Waals surface area contributed by atoms with Gasteiger partial charge in [0.15, 0.2) is 0 Å². The highest BCUT2D eigenvalue weighted by molar-refractivity contribution is 7.89. The Hall–Kier alpha value is -3.04. The Balaban J connectivity index is 1.55. The summed E-state index contributed by atoms with van der Waals surface area (Å²) in [6, 6.07) is 14.2. The molecule has 8 nitrogen and oxygen atoms in total. The van der Waals surface area contributed by atoms with Gasteiger partial charge in [-0.1, -0.05) is 35.5 Å². The third-order valence-corrected chi connectivity index (χ3v) is 6.92. The van der Waals surface area contributed by atoms with Crippen LogP contribution >= 0.6 is 0 Å². The predicted molar refractivity (Wildman–Crippen MR) is 111 cm³/mol. The van der Waals surface area contributed by atoms with Crippen LogP contribution in [0, 0.1) is 0 Å². The second kappa shape index (κ2) is 8.00. The van der Waals surface area contributed by atoms with E-state index in [0.29, 0.717) is 12.4 Å². The van der Waals surface area contributed by atoms with E-state index in [1.165, 1.54) is 24.3 Å². The number of benzene rings is 2. The summed E-state index contributed by atoms with van der Waals surface area (Å²) in [7, 11) is -2.29. The van der Waals surface area contributed by atoms with Crippen LogP contribution in [0.5, 0.6) is 0 Å². The average Bonchev–Trinajstić information content (AvgIpc) is 3.22. The first-order valence-electron chi connectivity index (χ1n) is 9.61. The van der Waals surface area contributed by atoms with Gasteiger partial charge in [0.1, 0.15) is 0 Å². The van der Waals surface area contributed by atoms with Gasteiger partial charge in [-0.3, -0.25) is 4.79 Å². The lowest BCUT2D eigenvalue weighted by Gasteiger charge is -2.29. The molecule has 0 N–H and O–H groups in total. The van der Waals surface area contributed by atoms with Crippen LogP contribution in [-0.2, 0) is 27.8 Å². The number of anilines is 1. The number of hydrogen-bond acceptors (Lipinski definition) is 6. The van der Waals surface area contributed by atoms with Gasteiger partial charge in [0.2, 0.25) is 27.6 Å². The monoisotopic (exact) mass is 426 g/mol. The molecule has 4 rings (SSSR count). The Morgan fingerprint density at radius 2 is 1.97 bits per heavy atom. The van der Waals surface area contributed by atoms with Crippen molar-refractivity contribution in [3.05, 3.63) is 60.0 Å². The summed E-state index contributed by atoms with van der Waals surface area (Å²) in [6.45, 7) is 2.12. The van der Waals surface area contributed by atoms with E-state index in [1.54, 1.807) is 17.0 Å². The van der Waals surface area contributed by atoms with Crippen molar-refractivity contribution in [3.63, 3.8) is 0 Å². The topological polar surface area (TPSA) is 96.6 Å². The fourth-order valence-electron chi connectivity index (χ4n) is 3.54. The van der Waals surface area contributed by atoms with Crippen LogP contribution in [0.3, 0.4) is 0 Å². The van der Waals surface area contributed by atoms with E-state index in [-0.39, 0.29) is 23.2 Å². The maximum Gasteiger partial charge on any atom is 0.243 e. The molecule has 0 atom stereocenters. The van der Waals surface area contributed by atoms with Gasteiger partial charge in [0.25, 0.3) is 0 Å². The summed E-state index contributed by atoms with van der Waals surface area (Å²) in [5.41, 5.74) is 2.43. The zero-order valence-electron chi connectivity index (χ0n) is 16.8. The molecular formula is C21H22N4O4S. The van der Waals surface area contributed by atoms with E-state index in [2.05, 4.69) is 10.1 Å². The van der Waals surface area contributed by atoms with E-state index >= 15 is 0 Å². The Labute approximate surface area is 175 Å². The molecule has 1 aromatic heterocycles. The molecule has 2 heterocycles. The number of aryl methyl sites for hydroxylation is 1. The lowest BCUT2D eigenvalue weighted by Crippen LogP contribution is -2.34. The molecule has 30 heavy (non-hydrogen) atoms. The second-order valence-corrected chi connectivity index (χ2v) is 9.25. The number of nitrogens with zero attached hydrogens (tertiary/aromatic N) is 4. The molecule has 0 spiro atoms. The Kier molecular flexibility index (Phi) is 5.40. The number of carbonyl (C=O) groups is 1. The van der Waals surface area contributed by atoms with Crippen molar-refractivity contribution in [2.24, 2.45) is 0 Å². The fraction of sp³-hybridized carbons (Fsp3) is 0.286. The van der Waals surface area contributed by atoms with Crippen LogP contribution in [0.4, 0.5) is 5.69 Å². The quantitative estimate of drug-likeness (QED) is 0.622. The normalized spacial score (nSPS) is 14.0. The molecular weight excluding hydrogens is 404 g/mol. The Morgan fingerprint density at radius 3 is 2.70 bits per heavy atom. The van der Waals surface area contributed by atoms with Crippen molar-refractivity contribution >= 4 is 21.6 Å². The maximum absolute atomic E-state index is 13.1. The zero-order chi connectivity index (χ0) is 21.3. The second-order valence-electron chi connectivity index (χ2n) is 7.20. The molecule has 0 aliphatic carbocycles. The minimum Gasteiger partial charge on any atom is -0.338 e. The lowest BCUT2D eigenvalue weighted by molar-refractivity contribution is -0.116. The number of aromatic nitrogens is 2. The molecule has 3 aromatic rings. The van der Waals surface area contributed by atoms with E-state index in [4.69, 9.17) is 4.52 Å². The van der Waals surface area contributed by atoms with Gasteiger partial charge >= 0.3 is 0 Å². The van der Waals surface area contributed by atoms with Gasteiger partial charge in [-0.2, -0.15) is 9.29 Å². The van der Waals surface area contributed by atoms with Crippen LogP contribution < -0.4 is 4.90 Å². The first kappa shape index (κ1) is 20.2. The molecule has 0 saturated carbocycles. The Bertz CT molecular complexity index is 1170. The molecule has 2 aromatic carbocycles. The highest BCUT2D eigenvalue weighted by atomic mass is 32.2. The first-order chi connectivity index (χ1) is 14.4. The number of sulfonamides is 1. The van der Waals surface area contributed by atoms with E-state index in [9.17, 15) is 13.2 Å². The molecule has 0 fully saturated rings. The van der Waals surface area contributed by atoms with Crippen LogP contribution in [-0.4, -0.2) is 42.4 Å². The maximum atomic E-state index is 13.1. The average molecular weight is 426 g/mol. The van der Waals surface area contributed by atoms with Crippen molar-refractivity contribution in [1.82, 2.24) is 14.4 Å². The molecule has 0 bridgehead atoms. The van der Waals surface area contributed by atoms with Crippen molar-refractivity contribution < 1.29 is 17.7 Å². The number of rotatable bonds is 5. The summed E-state index contributed by atoms with van der Waals surface area (Å²) < 4.78 is 32.6. The largest absolute Gasteiger partial charge is 0.338 e. The molecule has 0 radical (unpaired) electrons. The van der Waals surface area contributed by atoms with Crippen LogP contribution in [0.25, 0.3) is 11.4 Å². The van der Waals surface area contributed by atoms with E-state index in [0.717, 1.165) is 29.7 Å². The van der Waals surface area contributed by atoms with Crippen molar-refractivity contribution in [3.8, 4) is 11.4 Å². The molecule has 9 heteroatoms. The standard InChI is InChI=1S/C21H22N4O4S/c1-15(26)25-12-6-9-17-13-18(10-11-19(17)25)30(27,28)24(2)14-20-22-21(23-29-20)16-7-4-3-5-8-16/h3-5,7-8,10-11,13H,6,9,12,14H2,1-2H3. The van der Waals surface area contributed by atoms with Crippen molar-refractivity contribution in [1.29, 1.82) is 0 Å². The summed E-state index contributed by atoms with van der Waals surface area (Å²) in [4.78, 5) is 18.0. The molecule has 156 valence electrons. The number of hydrogen-bond donors (Lipinski definition) is 0. The first-order valence-corrected chi connectivity index (χ1v) is 11.1. The SMILES string of the molecule is CC(=O)N1CCCc2cc(S(=O)(=O)N(C)Cc3nc(-c4ccccc4)no3)ccc21. The highest BCUT2D eigenvalue weighted by Gasteiger charge is 2.26. The van der Waals surface area contributed by atoms with Gasteiger partial charge in [-0.15, -0.1) is 0 Å². The minimum absolute atomic E-state index is 0.0428. The highest BCUT2D eigenvalue weighted by Crippen LogP contribution is 2.30. The van der Waals surface area contributed by atoms with Crippen molar-refractivity contribution in [2.45, 2.75) is 31.2 Å². The van der Waals surface area contributed by atoms with Gasteiger partial charge in [0, 0.05) is 31.8 Å². The molecule has 1 amide bonds. The van der Waals surface area contributed by atoms with Gasteiger partial charge in [0.05, 0.1) is 11.4 Å². The van der Waals surface area contributed by atoms with Gasteiger partial charge in [-0.05, 0) is 36.6 Å². The summed E-state index contributed by atoms with van der Waals surface area (Å²) >= 11 is 0. The molecule has 0 unspecified atom stereocenters. The molecule has 0 saturated heterocycles. The smallest absolute Gasteiger partial charge is 0.243 e.